The molecule has 1 heterocycles. The van der Waals surface area contributed by atoms with Crippen molar-refractivity contribution in [3.63, 3.8) is 0 Å². The largest absolute Gasteiger partial charge is 0.378 e. The van der Waals surface area contributed by atoms with Gasteiger partial charge in [-0.25, -0.2) is 4.98 Å². The molecule has 0 aliphatic heterocycles. The van der Waals surface area contributed by atoms with Crippen molar-refractivity contribution in [2.75, 3.05) is 29.6 Å². The van der Waals surface area contributed by atoms with E-state index in [0.29, 0.717) is 28.6 Å². The van der Waals surface area contributed by atoms with E-state index in [1.807, 2.05) is 85.7 Å². The van der Waals surface area contributed by atoms with Gasteiger partial charge in [-0.15, -0.1) is 0 Å². The van der Waals surface area contributed by atoms with Gasteiger partial charge in [-0.05, 0) is 91.1 Å². The van der Waals surface area contributed by atoms with Crippen LogP contribution in [0.4, 0.5) is 17.1 Å². The number of carbonyl (C=O) groups is 2. The van der Waals surface area contributed by atoms with Crippen molar-refractivity contribution in [2.24, 2.45) is 5.92 Å². The lowest BCUT2D eigenvalue weighted by Crippen LogP contribution is -2.13. The number of benzene rings is 4. The molecule has 1 atom stereocenters. The third-order valence-electron chi connectivity index (χ3n) is 7.64. The number of aryl methyl sites for hydroxylation is 1. The van der Waals surface area contributed by atoms with Crippen molar-refractivity contribution in [3.8, 4) is 11.4 Å². The monoisotopic (exact) mass is 559 g/mol. The molecule has 7 nitrogen and oxygen atoms in total. The minimum atomic E-state index is -0.175. The molecular formula is C35H37N5O2. The Hall–Kier alpha value is -4.91. The lowest BCUT2D eigenvalue weighted by molar-refractivity contribution is 0.101. The summed E-state index contributed by atoms with van der Waals surface area (Å²) in [6.07, 6.45) is 3.41. The van der Waals surface area contributed by atoms with Gasteiger partial charge in [0.1, 0.15) is 5.82 Å². The number of rotatable bonds is 10. The van der Waals surface area contributed by atoms with E-state index < -0.39 is 0 Å². The van der Waals surface area contributed by atoms with Gasteiger partial charge < -0.3 is 20.5 Å². The molecule has 0 aliphatic rings. The summed E-state index contributed by atoms with van der Waals surface area (Å²) in [5.74, 6) is 1.07. The summed E-state index contributed by atoms with van der Waals surface area (Å²) in [6.45, 7) is 4.50. The van der Waals surface area contributed by atoms with Gasteiger partial charge in [-0.2, -0.15) is 0 Å². The molecule has 5 aromatic rings. The lowest BCUT2D eigenvalue weighted by atomic mass is 9.99. The van der Waals surface area contributed by atoms with Gasteiger partial charge in [0.2, 0.25) is 0 Å². The first-order valence-electron chi connectivity index (χ1n) is 14.4. The fraction of sp³-hybridized carbons (Fsp3) is 0.229. The number of aromatic amines is 1. The number of hydrogen-bond donors (Lipinski definition) is 3. The molecule has 0 fully saturated rings. The first-order chi connectivity index (χ1) is 20.3. The molecule has 1 unspecified atom stereocenters. The maximum Gasteiger partial charge on any atom is 0.255 e. The Kier molecular flexibility index (Phi) is 8.67. The zero-order chi connectivity index (χ0) is 29.6. The van der Waals surface area contributed by atoms with Crippen LogP contribution < -0.4 is 15.5 Å². The maximum absolute atomic E-state index is 12.8. The Labute approximate surface area is 247 Å². The predicted molar refractivity (Wildman–Crippen MR) is 172 cm³/mol. The molecule has 5 rings (SSSR count). The number of hydrogen-bond acceptors (Lipinski definition) is 4. The second kappa shape index (κ2) is 12.7. The van der Waals surface area contributed by atoms with E-state index in [2.05, 4.69) is 41.6 Å². The van der Waals surface area contributed by atoms with E-state index in [4.69, 9.17) is 4.98 Å². The first kappa shape index (κ1) is 28.6. The van der Waals surface area contributed by atoms with Gasteiger partial charge in [0.25, 0.3) is 11.8 Å². The minimum absolute atomic E-state index is 0.157. The van der Waals surface area contributed by atoms with Crippen LogP contribution in [0, 0.1) is 5.92 Å². The highest BCUT2D eigenvalue weighted by Crippen LogP contribution is 2.24. The summed E-state index contributed by atoms with van der Waals surface area (Å²) in [6, 6.07) is 28.5. The Bertz CT molecular complexity index is 1670. The van der Waals surface area contributed by atoms with Crippen LogP contribution in [0.2, 0.25) is 0 Å². The molecule has 3 N–H and O–H groups in total. The maximum atomic E-state index is 12.8. The van der Waals surface area contributed by atoms with Gasteiger partial charge in [-0.3, -0.25) is 9.59 Å². The van der Waals surface area contributed by atoms with Crippen LogP contribution in [0.5, 0.6) is 0 Å². The second-order valence-electron chi connectivity index (χ2n) is 11.0. The Balaban J connectivity index is 1.21. The van der Waals surface area contributed by atoms with Crippen molar-refractivity contribution in [1.82, 2.24) is 9.97 Å². The van der Waals surface area contributed by atoms with Crippen molar-refractivity contribution < 1.29 is 9.59 Å². The summed E-state index contributed by atoms with van der Waals surface area (Å²) < 4.78 is 0. The standard InChI is InChI=1S/C35H37N5O2/c1-5-23(2)6-7-24-8-16-28(17-9-24)36-34(41)26-12-10-25(11-13-26)33-38-31-21-18-29(22-32(31)39-33)37-35(42)27-14-19-30(20-15-27)40(3)4/h8-23H,5-7H2,1-4H3,(H,36,41)(H,37,42)(H,38,39). The fourth-order valence-corrected chi connectivity index (χ4v) is 4.69. The summed E-state index contributed by atoms with van der Waals surface area (Å²) in [5.41, 5.74) is 7.38. The highest BCUT2D eigenvalue weighted by atomic mass is 16.2. The Morgan fingerprint density at radius 2 is 1.40 bits per heavy atom. The summed E-state index contributed by atoms with van der Waals surface area (Å²) in [5, 5.41) is 5.94. The molecule has 4 aromatic carbocycles. The van der Waals surface area contributed by atoms with E-state index in [0.717, 1.165) is 34.4 Å². The summed E-state index contributed by atoms with van der Waals surface area (Å²) in [7, 11) is 3.92. The average molecular weight is 560 g/mol. The molecule has 0 saturated carbocycles. The highest BCUT2D eigenvalue weighted by Gasteiger charge is 2.12. The first-order valence-corrected chi connectivity index (χ1v) is 14.4. The molecule has 0 spiro atoms. The molecule has 0 saturated heterocycles. The van der Waals surface area contributed by atoms with Crippen LogP contribution in [0.25, 0.3) is 22.4 Å². The molecule has 2 amide bonds. The molecule has 0 bridgehead atoms. The molecule has 7 heteroatoms. The number of imidazole rings is 1. The van der Waals surface area contributed by atoms with Gasteiger partial charge in [0, 0.05) is 47.8 Å². The zero-order valence-electron chi connectivity index (χ0n) is 24.6. The molecule has 0 aliphatic carbocycles. The lowest BCUT2D eigenvalue weighted by Gasteiger charge is -2.12. The molecule has 214 valence electrons. The third-order valence-corrected chi connectivity index (χ3v) is 7.64. The molecular weight excluding hydrogens is 522 g/mol. The number of carbonyl (C=O) groups excluding carboxylic acids is 2. The smallest absolute Gasteiger partial charge is 0.255 e. The van der Waals surface area contributed by atoms with Gasteiger partial charge in [-0.1, -0.05) is 44.5 Å². The molecule has 42 heavy (non-hydrogen) atoms. The molecule has 0 radical (unpaired) electrons. The normalized spacial score (nSPS) is 11.7. The Morgan fingerprint density at radius 1 is 0.810 bits per heavy atom. The fourth-order valence-electron chi connectivity index (χ4n) is 4.69. The van der Waals surface area contributed by atoms with Crippen molar-refractivity contribution >= 4 is 39.9 Å². The summed E-state index contributed by atoms with van der Waals surface area (Å²) >= 11 is 0. The predicted octanol–water partition coefficient (Wildman–Crippen LogP) is 7.78. The van der Waals surface area contributed by atoms with Crippen LogP contribution >= 0.6 is 0 Å². The van der Waals surface area contributed by atoms with E-state index in [1.54, 1.807) is 12.1 Å². The van der Waals surface area contributed by atoms with Crippen molar-refractivity contribution in [2.45, 2.75) is 33.1 Å². The van der Waals surface area contributed by atoms with Gasteiger partial charge >= 0.3 is 0 Å². The van der Waals surface area contributed by atoms with Crippen LogP contribution in [0.3, 0.4) is 0 Å². The number of nitrogens with one attached hydrogen (secondary N) is 3. The summed E-state index contributed by atoms with van der Waals surface area (Å²) in [4.78, 5) is 35.6. The van der Waals surface area contributed by atoms with Crippen LogP contribution in [-0.4, -0.2) is 35.9 Å². The number of amides is 2. The minimum Gasteiger partial charge on any atom is -0.378 e. The van der Waals surface area contributed by atoms with Crippen molar-refractivity contribution in [1.29, 1.82) is 0 Å². The third kappa shape index (κ3) is 6.86. The van der Waals surface area contributed by atoms with Crippen LogP contribution in [0.15, 0.2) is 91.0 Å². The van der Waals surface area contributed by atoms with Gasteiger partial charge in [0.05, 0.1) is 11.0 Å². The number of aromatic nitrogens is 2. The number of anilines is 3. The number of nitrogens with zero attached hydrogens (tertiary/aromatic N) is 2. The topological polar surface area (TPSA) is 90.1 Å². The number of H-pyrrole nitrogens is 1. The van der Waals surface area contributed by atoms with Gasteiger partial charge in [0.15, 0.2) is 0 Å². The van der Waals surface area contributed by atoms with E-state index in [9.17, 15) is 9.59 Å². The second-order valence-corrected chi connectivity index (χ2v) is 11.0. The average Bonchev–Trinajstić information content (AvgIpc) is 3.44. The quantitative estimate of drug-likeness (QED) is 0.163. The van der Waals surface area contributed by atoms with Crippen LogP contribution in [0.1, 0.15) is 53.0 Å². The SMILES string of the molecule is CCC(C)CCc1ccc(NC(=O)c2ccc(-c3nc4ccc(NC(=O)c5ccc(N(C)C)cc5)cc4[nH]3)cc2)cc1. The van der Waals surface area contributed by atoms with E-state index >= 15 is 0 Å². The zero-order valence-corrected chi connectivity index (χ0v) is 24.6. The van der Waals surface area contributed by atoms with E-state index in [1.165, 1.54) is 18.4 Å². The Morgan fingerprint density at radius 3 is 2.02 bits per heavy atom. The number of fused-ring (bicyclic) bond motifs is 1. The van der Waals surface area contributed by atoms with Crippen molar-refractivity contribution in [3.05, 3.63) is 108 Å². The molecule has 1 aromatic heterocycles. The van der Waals surface area contributed by atoms with Crippen LogP contribution in [-0.2, 0) is 6.42 Å². The highest BCUT2D eigenvalue weighted by molar-refractivity contribution is 6.05. The van der Waals surface area contributed by atoms with E-state index in [-0.39, 0.29) is 11.8 Å².